The first-order valence-electron chi connectivity index (χ1n) is 6.67. The molecule has 1 atom stereocenters. The quantitative estimate of drug-likeness (QED) is 0.762. The lowest BCUT2D eigenvalue weighted by atomic mass is 10.0. The zero-order valence-corrected chi connectivity index (χ0v) is 12.8. The summed E-state index contributed by atoms with van der Waals surface area (Å²) in [6, 6.07) is 5.44. The van der Waals surface area contributed by atoms with Gasteiger partial charge in [0.25, 0.3) is 0 Å². The highest BCUT2D eigenvalue weighted by atomic mass is 32.2. The van der Waals surface area contributed by atoms with E-state index < -0.39 is 21.6 Å². The van der Waals surface area contributed by atoms with E-state index in [9.17, 15) is 18.3 Å². The Morgan fingerprint density at radius 1 is 1.38 bits per heavy atom. The first-order valence-corrected chi connectivity index (χ1v) is 8.15. The van der Waals surface area contributed by atoms with Crippen molar-refractivity contribution in [1.29, 1.82) is 0 Å². The van der Waals surface area contributed by atoms with E-state index in [1.165, 1.54) is 31.4 Å². The summed E-state index contributed by atoms with van der Waals surface area (Å²) in [7, 11) is -2.45. The topological polar surface area (TPSA) is 92.7 Å². The molecular formula is C14H19NO5S. The number of carbonyl (C=O) groups is 1. The van der Waals surface area contributed by atoms with Gasteiger partial charge in [-0.15, -0.1) is 0 Å². The number of rotatable bonds is 6. The smallest absolute Gasteiger partial charge is 0.337 e. The van der Waals surface area contributed by atoms with E-state index in [4.69, 9.17) is 0 Å². The zero-order valence-electron chi connectivity index (χ0n) is 12.0. The highest BCUT2D eigenvalue weighted by molar-refractivity contribution is 7.89. The van der Waals surface area contributed by atoms with Crippen molar-refractivity contribution in [3.8, 4) is 0 Å². The third-order valence-corrected chi connectivity index (χ3v) is 5.08. The maximum atomic E-state index is 12.1. The Labute approximate surface area is 124 Å². The molecule has 1 saturated carbocycles. The van der Waals surface area contributed by atoms with Crippen LogP contribution in [0.4, 0.5) is 0 Å². The molecule has 1 aliphatic carbocycles. The van der Waals surface area contributed by atoms with Crippen molar-refractivity contribution in [2.75, 3.05) is 13.7 Å². The molecule has 0 heterocycles. The van der Waals surface area contributed by atoms with Gasteiger partial charge in [0.05, 0.1) is 23.2 Å². The first-order chi connectivity index (χ1) is 9.76. The van der Waals surface area contributed by atoms with Crippen LogP contribution < -0.4 is 4.72 Å². The van der Waals surface area contributed by atoms with Gasteiger partial charge in [-0.2, -0.15) is 0 Å². The number of nitrogens with one attached hydrogen (secondary N) is 1. The Kier molecular flexibility index (Phi) is 4.36. The van der Waals surface area contributed by atoms with Crippen LogP contribution in [0.2, 0.25) is 0 Å². The lowest BCUT2D eigenvalue weighted by Gasteiger charge is -2.23. The highest BCUT2D eigenvalue weighted by Crippen LogP contribution is 2.39. The van der Waals surface area contributed by atoms with E-state index in [1.54, 1.807) is 6.92 Å². The molecule has 116 valence electrons. The molecule has 0 saturated heterocycles. The van der Waals surface area contributed by atoms with Crippen LogP contribution in [0, 0.1) is 5.92 Å². The second-order valence-corrected chi connectivity index (χ2v) is 7.24. The second-order valence-electron chi connectivity index (χ2n) is 5.47. The number of hydrogen-bond acceptors (Lipinski definition) is 5. The molecule has 21 heavy (non-hydrogen) atoms. The van der Waals surface area contributed by atoms with Gasteiger partial charge in [-0.25, -0.2) is 17.9 Å². The number of aliphatic hydroxyl groups is 1. The van der Waals surface area contributed by atoms with E-state index in [-0.39, 0.29) is 22.9 Å². The van der Waals surface area contributed by atoms with E-state index in [0.717, 1.165) is 12.8 Å². The van der Waals surface area contributed by atoms with Gasteiger partial charge in [0.2, 0.25) is 10.0 Å². The lowest BCUT2D eigenvalue weighted by Crippen LogP contribution is -2.42. The molecular weight excluding hydrogens is 294 g/mol. The normalized spacial score (nSPS) is 18.0. The number of sulfonamides is 1. The fourth-order valence-corrected chi connectivity index (χ4v) is 3.21. The molecule has 0 aliphatic heterocycles. The molecule has 2 rings (SSSR count). The van der Waals surface area contributed by atoms with Crippen LogP contribution in [0.25, 0.3) is 0 Å². The van der Waals surface area contributed by atoms with Crippen molar-refractivity contribution < 1.29 is 23.1 Å². The van der Waals surface area contributed by atoms with Crippen LogP contribution in [0.15, 0.2) is 29.2 Å². The molecule has 1 fully saturated rings. The number of methoxy groups -OCH3 is 1. The molecule has 1 aromatic rings. The minimum atomic E-state index is -3.71. The third kappa shape index (κ3) is 3.81. The van der Waals surface area contributed by atoms with Gasteiger partial charge in [-0.3, -0.25) is 0 Å². The van der Waals surface area contributed by atoms with Gasteiger partial charge in [-0.1, -0.05) is 0 Å². The number of ether oxygens (including phenoxy) is 1. The Bertz CT molecular complexity index is 617. The van der Waals surface area contributed by atoms with Crippen LogP contribution in [-0.2, 0) is 14.8 Å². The Balaban J connectivity index is 2.07. The molecule has 1 aromatic carbocycles. The molecule has 0 aromatic heterocycles. The fraction of sp³-hybridized carbons (Fsp3) is 0.500. The minimum Gasteiger partial charge on any atom is -0.465 e. The monoisotopic (exact) mass is 313 g/mol. The van der Waals surface area contributed by atoms with Gasteiger partial charge in [-0.05, 0) is 49.9 Å². The number of hydrogen-bond donors (Lipinski definition) is 2. The predicted octanol–water partition coefficient (Wildman–Crippen LogP) is 0.912. The summed E-state index contributed by atoms with van der Waals surface area (Å²) in [5.41, 5.74) is -0.750. The van der Waals surface area contributed by atoms with Crippen molar-refractivity contribution in [3.05, 3.63) is 29.8 Å². The summed E-state index contributed by atoms with van der Waals surface area (Å²) in [5, 5.41) is 10.1. The number of esters is 1. The Hall–Kier alpha value is -1.44. The second kappa shape index (κ2) is 5.75. The predicted molar refractivity (Wildman–Crippen MR) is 76.3 cm³/mol. The Morgan fingerprint density at radius 2 is 1.95 bits per heavy atom. The van der Waals surface area contributed by atoms with Crippen LogP contribution in [-0.4, -0.2) is 38.7 Å². The summed E-state index contributed by atoms with van der Waals surface area (Å²) in [4.78, 5) is 11.3. The molecule has 0 amide bonds. The van der Waals surface area contributed by atoms with Gasteiger partial charge >= 0.3 is 5.97 Å². The van der Waals surface area contributed by atoms with Crippen molar-refractivity contribution >= 4 is 16.0 Å². The van der Waals surface area contributed by atoms with Crippen LogP contribution in [0.1, 0.15) is 30.1 Å². The fourth-order valence-electron chi connectivity index (χ4n) is 2.06. The largest absolute Gasteiger partial charge is 0.465 e. The molecule has 2 N–H and O–H groups in total. The van der Waals surface area contributed by atoms with Crippen LogP contribution in [0.5, 0.6) is 0 Å². The average molecular weight is 313 g/mol. The first kappa shape index (κ1) is 15.9. The van der Waals surface area contributed by atoms with Crippen molar-refractivity contribution in [2.45, 2.75) is 30.3 Å². The highest BCUT2D eigenvalue weighted by Gasteiger charge is 2.40. The minimum absolute atomic E-state index is 0.0290. The Morgan fingerprint density at radius 3 is 2.43 bits per heavy atom. The van der Waals surface area contributed by atoms with Gasteiger partial charge in [0, 0.05) is 6.54 Å². The molecule has 0 bridgehead atoms. The zero-order chi connectivity index (χ0) is 15.7. The van der Waals surface area contributed by atoms with Crippen molar-refractivity contribution in [3.63, 3.8) is 0 Å². The maximum absolute atomic E-state index is 12.1. The standard InChI is InChI=1S/C14H19NO5S/c1-14(17,11-5-6-11)9-15-21(18,19)12-7-3-10(4-8-12)13(16)20-2/h3-4,7-8,11,15,17H,5-6,9H2,1-2H3. The van der Waals surface area contributed by atoms with Crippen molar-refractivity contribution in [2.24, 2.45) is 5.92 Å². The molecule has 1 aliphatic rings. The summed E-state index contributed by atoms with van der Waals surface area (Å²) in [6.07, 6.45) is 1.84. The van der Waals surface area contributed by atoms with E-state index in [2.05, 4.69) is 9.46 Å². The third-order valence-electron chi connectivity index (χ3n) is 3.66. The van der Waals surface area contributed by atoms with Gasteiger partial charge < -0.3 is 9.84 Å². The maximum Gasteiger partial charge on any atom is 0.337 e. The lowest BCUT2D eigenvalue weighted by molar-refractivity contribution is 0.0422. The molecule has 0 radical (unpaired) electrons. The molecule has 7 heteroatoms. The molecule has 0 spiro atoms. The number of benzene rings is 1. The molecule has 6 nitrogen and oxygen atoms in total. The van der Waals surface area contributed by atoms with E-state index >= 15 is 0 Å². The van der Waals surface area contributed by atoms with Gasteiger partial charge in [0.15, 0.2) is 0 Å². The summed E-state index contributed by atoms with van der Waals surface area (Å²) < 4.78 is 31.2. The van der Waals surface area contributed by atoms with Crippen molar-refractivity contribution in [1.82, 2.24) is 4.72 Å². The van der Waals surface area contributed by atoms with E-state index in [1.807, 2.05) is 0 Å². The van der Waals surface area contributed by atoms with E-state index in [0.29, 0.717) is 0 Å². The summed E-state index contributed by atoms with van der Waals surface area (Å²) in [5.74, 6) is -0.370. The average Bonchev–Trinajstić information content (AvgIpc) is 3.30. The summed E-state index contributed by atoms with van der Waals surface area (Å²) >= 11 is 0. The van der Waals surface area contributed by atoms with Crippen LogP contribution in [0.3, 0.4) is 0 Å². The molecule has 1 unspecified atom stereocenters. The van der Waals surface area contributed by atoms with Crippen LogP contribution >= 0.6 is 0 Å². The van der Waals surface area contributed by atoms with Gasteiger partial charge in [0.1, 0.15) is 0 Å². The SMILES string of the molecule is COC(=O)c1ccc(S(=O)(=O)NCC(C)(O)C2CC2)cc1. The summed E-state index contributed by atoms with van der Waals surface area (Å²) in [6.45, 7) is 1.60. The number of carbonyl (C=O) groups excluding carboxylic acids is 1.